The molecule has 1 aromatic heterocycles. The van der Waals surface area contributed by atoms with Crippen molar-refractivity contribution in [2.45, 2.75) is 31.7 Å². The van der Waals surface area contributed by atoms with Crippen molar-refractivity contribution in [2.24, 2.45) is 0 Å². The van der Waals surface area contributed by atoms with Crippen molar-refractivity contribution in [3.63, 3.8) is 0 Å². The van der Waals surface area contributed by atoms with E-state index in [9.17, 15) is 8.42 Å². The molecule has 1 aromatic carbocycles. The third-order valence-corrected chi connectivity index (χ3v) is 5.79. The first-order valence-corrected chi connectivity index (χ1v) is 8.54. The van der Waals surface area contributed by atoms with Crippen LogP contribution in [0.2, 0.25) is 0 Å². The van der Waals surface area contributed by atoms with Crippen LogP contribution < -0.4 is 10.5 Å². The molecule has 0 aliphatic carbocycles. The zero-order chi connectivity index (χ0) is 14.9. The molecule has 0 spiro atoms. The van der Waals surface area contributed by atoms with Crippen molar-refractivity contribution >= 4 is 27.0 Å². The van der Waals surface area contributed by atoms with Gasteiger partial charge in [-0.15, -0.1) is 11.3 Å². The van der Waals surface area contributed by atoms with Gasteiger partial charge in [-0.05, 0) is 44.5 Å². The molecule has 4 nitrogen and oxygen atoms in total. The van der Waals surface area contributed by atoms with Crippen LogP contribution in [-0.4, -0.2) is 8.42 Å². The summed E-state index contributed by atoms with van der Waals surface area (Å²) < 4.78 is 27.5. The van der Waals surface area contributed by atoms with Gasteiger partial charge >= 0.3 is 0 Å². The highest BCUT2D eigenvalue weighted by Gasteiger charge is 2.22. The molecule has 0 aliphatic rings. The number of anilines is 1. The Kier molecular flexibility index (Phi) is 4.17. The first kappa shape index (κ1) is 15.0. The van der Waals surface area contributed by atoms with Crippen LogP contribution in [0.5, 0.6) is 0 Å². The molecule has 0 fully saturated rings. The summed E-state index contributed by atoms with van der Waals surface area (Å²) in [5, 5.41) is 0. The Labute approximate surface area is 123 Å². The predicted octanol–water partition coefficient (Wildman–Crippen LogP) is 2.99. The van der Waals surface area contributed by atoms with E-state index in [-0.39, 0.29) is 6.04 Å². The summed E-state index contributed by atoms with van der Waals surface area (Å²) >= 11 is 1.48. The zero-order valence-corrected chi connectivity index (χ0v) is 13.3. The minimum atomic E-state index is -3.51. The largest absolute Gasteiger partial charge is 0.399 e. The Morgan fingerprint density at radius 1 is 1.25 bits per heavy atom. The Bertz CT molecular complexity index is 721. The second-order valence-corrected chi connectivity index (χ2v) is 7.93. The minimum absolute atomic E-state index is 0.330. The summed E-state index contributed by atoms with van der Waals surface area (Å²) in [6.07, 6.45) is 0. The number of rotatable bonds is 4. The lowest BCUT2D eigenvalue weighted by Gasteiger charge is -2.15. The molecule has 0 radical (unpaired) electrons. The molecule has 1 heterocycles. The molecule has 2 rings (SSSR count). The van der Waals surface area contributed by atoms with Gasteiger partial charge in [0.1, 0.15) is 0 Å². The van der Waals surface area contributed by atoms with Crippen LogP contribution in [0.4, 0.5) is 5.69 Å². The molecule has 108 valence electrons. The maximum Gasteiger partial charge on any atom is 0.242 e. The smallest absolute Gasteiger partial charge is 0.242 e. The Balaban J connectivity index is 2.27. The van der Waals surface area contributed by atoms with Crippen molar-refractivity contribution in [1.29, 1.82) is 0 Å². The average molecular weight is 310 g/mol. The fourth-order valence-corrected chi connectivity index (χ4v) is 4.85. The third kappa shape index (κ3) is 3.20. The topological polar surface area (TPSA) is 72.2 Å². The van der Waals surface area contributed by atoms with Crippen LogP contribution in [0.3, 0.4) is 0 Å². The van der Waals surface area contributed by atoms with Gasteiger partial charge in [0.05, 0.1) is 4.90 Å². The SMILES string of the molecule is Cc1cc(S(=O)(=O)NC(C)c2cccc(N)c2)c(C)s1. The Morgan fingerprint density at radius 2 is 1.95 bits per heavy atom. The van der Waals surface area contributed by atoms with E-state index in [0.717, 1.165) is 15.3 Å². The van der Waals surface area contributed by atoms with Gasteiger partial charge in [-0.1, -0.05) is 12.1 Å². The molecule has 20 heavy (non-hydrogen) atoms. The molecular weight excluding hydrogens is 292 g/mol. The Hall–Kier alpha value is -1.37. The lowest BCUT2D eigenvalue weighted by molar-refractivity contribution is 0.567. The van der Waals surface area contributed by atoms with Crippen molar-refractivity contribution in [2.75, 3.05) is 5.73 Å². The molecule has 0 amide bonds. The molecule has 2 aromatic rings. The second kappa shape index (κ2) is 5.55. The van der Waals surface area contributed by atoms with Crippen LogP contribution in [0.15, 0.2) is 35.2 Å². The highest BCUT2D eigenvalue weighted by Crippen LogP contribution is 2.26. The number of hydrogen-bond acceptors (Lipinski definition) is 4. The van der Waals surface area contributed by atoms with Gasteiger partial charge in [0.25, 0.3) is 0 Å². The maximum atomic E-state index is 12.4. The molecule has 0 saturated carbocycles. The van der Waals surface area contributed by atoms with Gasteiger partial charge in [-0.25, -0.2) is 13.1 Å². The molecule has 0 aliphatic heterocycles. The molecule has 3 N–H and O–H groups in total. The zero-order valence-electron chi connectivity index (χ0n) is 11.7. The van der Waals surface area contributed by atoms with Crippen molar-refractivity contribution in [3.05, 3.63) is 45.6 Å². The number of nitrogens with one attached hydrogen (secondary N) is 1. The van der Waals surface area contributed by atoms with Crippen molar-refractivity contribution in [1.82, 2.24) is 4.72 Å². The van der Waals surface area contributed by atoms with Crippen molar-refractivity contribution < 1.29 is 8.42 Å². The van der Waals surface area contributed by atoms with E-state index in [0.29, 0.717) is 10.6 Å². The number of benzene rings is 1. The summed E-state index contributed by atoms with van der Waals surface area (Å²) in [6.45, 7) is 5.52. The first-order valence-electron chi connectivity index (χ1n) is 6.24. The lowest BCUT2D eigenvalue weighted by atomic mass is 10.1. The standard InChI is InChI=1S/C14H18N2O2S2/c1-9-7-14(11(3)19-9)20(17,18)16-10(2)12-5-4-6-13(15)8-12/h4-8,10,16H,15H2,1-3H3. The number of thiophene rings is 1. The third-order valence-electron chi connectivity index (χ3n) is 3.03. The van der Waals surface area contributed by atoms with Crippen molar-refractivity contribution in [3.8, 4) is 0 Å². The molecule has 1 unspecified atom stereocenters. The fraction of sp³-hybridized carbons (Fsp3) is 0.286. The number of aryl methyl sites for hydroxylation is 2. The van der Waals surface area contributed by atoms with Gasteiger partial charge < -0.3 is 5.73 Å². The predicted molar refractivity (Wildman–Crippen MR) is 83.4 cm³/mol. The van der Waals surface area contributed by atoms with Crippen LogP contribution in [0.25, 0.3) is 0 Å². The quantitative estimate of drug-likeness (QED) is 0.853. The summed E-state index contributed by atoms with van der Waals surface area (Å²) in [5.41, 5.74) is 7.19. The number of nitrogens with two attached hydrogens (primary N) is 1. The molecule has 0 bridgehead atoms. The molecule has 1 atom stereocenters. The summed E-state index contributed by atoms with van der Waals surface area (Å²) in [6, 6.07) is 8.60. The van der Waals surface area contributed by atoms with E-state index in [1.54, 1.807) is 25.1 Å². The first-order chi connectivity index (χ1) is 9.29. The van der Waals surface area contributed by atoms with E-state index in [2.05, 4.69) is 4.72 Å². The second-order valence-electron chi connectivity index (χ2n) is 4.79. The van der Waals surface area contributed by atoms with E-state index < -0.39 is 10.0 Å². The van der Waals surface area contributed by atoms with Crippen LogP contribution >= 0.6 is 11.3 Å². The number of hydrogen-bond donors (Lipinski definition) is 2. The van der Waals surface area contributed by atoms with E-state index in [4.69, 9.17) is 5.73 Å². The lowest BCUT2D eigenvalue weighted by Crippen LogP contribution is -2.27. The summed E-state index contributed by atoms with van der Waals surface area (Å²) in [7, 11) is -3.51. The van der Waals surface area contributed by atoms with E-state index in [1.165, 1.54) is 11.3 Å². The normalized spacial score (nSPS) is 13.3. The molecular formula is C14H18N2O2S2. The van der Waals surface area contributed by atoms with Gasteiger partial charge in [-0.3, -0.25) is 0 Å². The molecule has 6 heteroatoms. The summed E-state index contributed by atoms with van der Waals surface area (Å²) in [4.78, 5) is 2.14. The minimum Gasteiger partial charge on any atom is -0.399 e. The van der Waals surface area contributed by atoms with Crippen LogP contribution in [-0.2, 0) is 10.0 Å². The molecule has 0 saturated heterocycles. The summed E-state index contributed by atoms with van der Waals surface area (Å²) in [5.74, 6) is 0. The highest BCUT2D eigenvalue weighted by molar-refractivity contribution is 7.89. The van der Waals surface area contributed by atoms with Gasteiger partial charge in [-0.2, -0.15) is 0 Å². The van der Waals surface area contributed by atoms with Gasteiger partial charge in [0, 0.05) is 21.5 Å². The van der Waals surface area contributed by atoms with Gasteiger partial charge in [0.15, 0.2) is 0 Å². The van der Waals surface area contributed by atoms with Gasteiger partial charge in [0.2, 0.25) is 10.0 Å². The fourth-order valence-electron chi connectivity index (χ4n) is 2.07. The van der Waals surface area contributed by atoms with E-state index in [1.807, 2.05) is 26.0 Å². The van der Waals surface area contributed by atoms with Crippen LogP contribution in [0, 0.1) is 13.8 Å². The van der Waals surface area contributed by atoms with E-state index >= 15 is 0 Å². The monoisotopic (exact) mass is 310 g/mol. The maximum absolute atomic E-state index is 12.4. The average Bonchev–Trinajstić information content (AvgIpc) is 2.69. The highest BCUT2D eigenvalue weighted by atomic mass is 32.2. The Morgan fingerprint density at radius 3 is 2.50 bits per heavy atom. The van der Waals surface area contributed by atoms with Crippen LogP contribution in [0.1, 0.15) is 28.3 Å². The number of nitrogen functional groups attached to an aromatic ring is 1. The number of sulfonamides is 1.